The van der Waals surface area contributed by atoms with Crippen molar-refractivity contribution in [2.45, 2.75) is 84.0 Å². The van der Waals surface area contributed by atoms with Crippen molar-refractivity contribution in [2.24, 2.45) is 5.73 Å². The van der Waals surface area contributed by atoms with Crippen LogP contribution >= 0.6 is 0 Å². The molecule has 1 unspecified atom stereocenters. The Kier molecular flexibility index (Phi) is 13.6. The minimum atomic E-state index is -0.725. The number of halogens is 3. The normalized spacial score (nSPS) is 14.8. The molecule has 4 rings (SSSR count). The molecule has 1 atom stereocenters. The van der Waals surface area contributed by atoms with Gasteiger partial charge in [0.2, 0.25) is 5.91 Å². The fourth-order valence-corrected chi connectivity index (χ4v) is 5.16. The van der Waals surface area contributed by atoms with Crippen molar-refractivity contribution in [1.82, 2.24) is 15.2 Å². The van der Waals surface area contributed by atoms with Crippen molar-refractivity contribution in [1.29, 1.82) is 0 Å². The number of pyridine rings is 1. The van der Waals surface area contributed by atoms with Crippen molar-refractivity contribution < 1.29 is 37.0 Å². The maximum atomic E-state index is 14.9. The summed E-state index contributed by atoms with van der Waals surface area (Å²) < 4.78 is 52.1. The molecule has 0 saturated carbocycles. The molecule has 4 N–H and O–H groups in total. The van der Waals surface area contributed by atoms with Gasteiger partial charge in [-0.3, -0.25) is 9.78 Å². The van der Waals surface area contributed by atoms with Crippen molar-refractivity contribution in [3.05, 3.63) is 95.1 Å². The number of nitrogens with zero attached hydrogens (tertiary/aromatic N) is 2. The van der Waals surface area contributed by atoms with E-state index in [4.69, 9.17) is 10.5 Å². The van der Waals surface area contributed by atoms with Crippen LogP contribution in [0.15, 0.2) is 60.9 Å². The molecule has 0 bridgehead atoms. The lowest BCUT2D eigenvalue weighted by Crippen LogP contribution is -2.53. The number of anilines is 1. The number of benzene rings is 2. The number of piperazine rings is 1. The van der Waals surface area contributed by atoms with Gasteiger partial charge in [0.15, 0.2) is 0 Å². The van der Waals surface area contributed by atoms with Gasteiger partial charge in [-0.2, -0.15) is 0 Å². The van der Waals surface area contributed by atoms with Crippen LogP contribution in [0.1, 0.15) is 77.0 Å². The molecule has 266 valence electrons. The molecule has 1 aliphatic heterocycles. The van der Waals surface area contributed by atoms with Gasteiger partial charge in [-0.05, 0) is 89.8 Å². The molecule has 10 nitrogen and oxygen atoms in total. The lowest BCUT2D eigenvalue weighted by Gasteiger charge is -2.35. The maximum absolute atomic E-state index is 14.9. The quantitative estimate of drug-likeness (QED) is 0.241. The number of carbonyl (C=O) groups is 3. The highest BCUT2D eigenvalue weighted by molar-refractivity contribution is 5.92. The zero-order valence-corrected chi connectivity index (χ0v) is 28.8. The van der Waals surface area contributed by atoms with Gasteiger partial charge in [0.1, 0.15) is 28.7 Å². The average Bonchev–Trinajstić information content (AvgIpc) is 2.99. The van der Waals surface area contributed by atoms with E-state index < -0.39 is 46.6 Å². The Balaban J connectivity index is 0.000000723. The molecule has 49 heavy (non-hydrogen) atoms. The first-order valence-corrected chi connectivity index (χ1v) is 16.0. The first kappa shape index (κ1) is 38.8. The lowest BCUT2D eigenvalue weighted by atomic mass is 9.88. The van der Waals surface area contributed by atoms with Crippen molar-refractivity contribution in [2.75, 3.05) is 25.0 Å². The first-order chi connectivity index (χ1) is 22.9. The summed E-state index contributed by atoms with van der Waals surface area (Å²) in [6, 6.07) is 11.5. The molecule has 13 heteroatoms. The van der Waals surface area contributed by atoms with Crippen LogP contribution in [0.2, 0.25) is 0 Å². The highest BCUT2D eigenvalue weighted by atomic mass is 19.1. The molecule has 1 fully saturated rings. The number of carbonyl (C=O) groups excluding carboxylic acids is 3. The molecular formula is C36H46F3N5O5. The summed E-state index contributed by atoms with van der Waals surface area (Å²) in [6.45, 7) is 12.2. The number of hydrogen-bond donors (Lipinski definition) is 3. The Morgan fingerprint density at radius 1 is 0.918 bits per heavy atom. The summed E-state index contributed by atoms with van der Waals surface area (Å²) in [4.78, 5) is 41.3. The summed E-state index contributed by atoms with van der Waals surface area (Å²) in [6.07, 6.45) is 2.16. The highest BCUT2D eigenvalue weighted by Gasteiger charge is 2.28. The largest absolute Gasteiger partial charge is 0.444 e. The van der Waals surface area contributed by atoms with Gasteiger partial charge in [-0.25, -0.2) is 22.8 Å². The van der Waals surface area contributed by atoms with E-state index >= 15 is 0 Å². The van der Waals surface area contributed by atoms with E-state index in [2.05, 4.69) is 20.4 Å². The van der Waals surface area contributed by atoms with E-state index in [0.717, 1.165) is 6.20 Å². The predicted molar refractivity (Wildman–Crippen MR) is 180 cm³/mol. The number of nitrogens with two attached hydrogens (primary N) is 1. The third-order valence-corrected chi connectivity index (χ3v) is 7.27. The minimum Gasteiger partial charge on any atom is -0.444 e. The Morgan fingerprint density at radius 3 is 1.96 bits per heavy atom. The zero-order chi connectivity index (χ0) is 36.4. The Morgan fingerprint density at radius 2 is 1.47 bits per heavy atom. The summed E-state index contributed by atoms with van der Waals surface area (Å²) in [5.74, 6) is -2.24. The van der Waals surface area contributed by atoms with Crippen LogP contribution in [0, 0.1) is 17.5 Å². The van der Waals surface area contributed by atoms with Gasteiger partial charge < -0.3 is 30.7 Å². The number of ether oxygens (including phenoxy) is 2. The predicted octanol–water partition coefficient (Wildman–Crippen LogP) is 6.68. The van der Waals surface area contributed by atoms with E-state index in [0.29, 0.717) is 49.2 Å². The second-order valence-corrected chi connectivity index (χ2v) is 13.7. The fourth-order valence-electron chi connectivity index (χ4n) is 5.16. The smallest absolute Gasteiger partial charge is 0.410 e. The second kappa shape index (κ2) is 17.1. The van der Waals surface area contributed by atoms with Gasteiger partial charge in [-0.1, -0.05) is 24.3 Å². The molecule has 2 aromatic carbocycles. The molecule has 1 aliphatic rings. The number of hydrogen-bond acceptors (Lipinski definition) is 7. The molecule has 1 saturated heterocycles. The van der Waals surface area contributed by atoms with Crippen LogP contribution in [0.4, 0.5) is 28.4 Å². The first-order valence-electron chi connectivity index (χ1n) is 16.0. The number of nitrogens with one attached hydrogen (secondary N) is 2. The van der Waals surface area contributed by atoms with Gasteiger partial charge in [0, 0.05) is 43.6 Å². The van der Waals surface area contributed by atoms with Gasteiger partial charge >= 0.3 is 12.2 Å². The van der Waals surface area contributed by atoms with E-state index in [9.17, 15) is 27.6 Å². The summed E-state index contributed by atoms with van der Waals surface area (Å²) in [5.41, 5.74) is 5.60. The van der Waals surface area contributed by atoms with E-state index in [1.807, 2.05) is 20.8 Å². The summed E-state index contributed by atoms with van der Waals surface area (Å²) in [7, 11) is 0. The Bertz CT molecular complexity index is 1510. The molecular weight excluding hydrogens is 639 g/mol. The zero-order valence-electron chi connectivity index (χ0n) is 28.8. The minimum absolute atomic E-state index is 0.0394. The number of primary amides is 1. The molecule has 0 spiro atoms. The second-order valence-electron chi connectivity index (χ2n) is 13.7. The summed E-state index contributed by atoms with van der Waals surface area (Å²) in [5, 5.41) is 6.15. The Labute approximate surface area is 285 Å². The maximum Gasteiger partial charge on any atom is 0.410 e. The molecule has 0 radical (unpaired) electrons. The van der Waals surface area contributed by atoms with Crippen LogP contribution in [0.5, 0.6) is 0 Å². The summed E-state index contributed by atoms with van der Waals surface area (Å²) >= 11 is 0. The Hall–Kier alpha value is -4.65. The van der Waals surface area contributed by atoms with Crippen LogP contribution in [0.25, 0.3) is 0 Å². The van der Waals surface area contributed by atoms with Crippen LogP contribution < -0.4 is 16.4 Å². The standard InChI is InChI=1S/C31H35F3N4O3.C5H11NO2/c1-31(2,3)41-30(40)38-15-14-36-24(19-38)12-13-25-27(34)17-35-18-28(25)37-29(39)16-26(20-4-8-22(32)9-5-20)21-6-10-23(33)11-7-21;1-5(2,3)8-4(6)7/h4-11,17-18,24,26,36H,12-16,19H2,1-3H3,(H,37,39);1-3H3,(H2,6,7). The number of aromatic nitrogens is 1. The molecule has 3 amide bonds. The average molecular weight is 686 g/mol. The SMILES string of the molecule is CC(C)(C)OC(=O)N1CCNC(CCc2c(F)cncc2NC(=O)CC(c2ccc(F)cc2)c2ccc(F)cc2)C1.CC(C)(C)OC(N)=O. The van der Waals surface area contributed by atoms with Crippen molar-refractivity contribution in [3.8, 4) is 0 Å². The van der Waals surface area contributed by atoms with Gasteiger partial charge in [-0.15, -0.1) is 0 Å². The lowest BCUT2D eigenvalue weighted by molar-refractivity contribution is -0.116. The number of rotatable bonds is 8. The molecule has 3 aromatic rings. The molecule has 0 aliphatic carbocycles. The highest BCUT2D eigenvalue weighted by Crippen LogP contribution is 2.30. The third-order valence-electron chi connectivity index (χ3n) is 7.27. The van der Waals surface area contributed by atoms with Crippen molar-refractivity contribution >= 4 is 23.8 Å². The van der Waals surface area contributed by atoms with E-state index in [1.165, 1.54) is 30.5 Å². The topological polar surface area (TPSA) is 136 Å². The van der Waals surface area contributed by atoms with Crippen LogP contribution in [-0.2, 0) is 20.7 Å². The molecule has 1 aromatic heterocycles. The molecule has 2 heterocycles. The monoisotopic (exact) mass is 685 g/mol. The third kappa shape index (κ3) is 13.4. The van der Waals surface area contributed by atoms with Crippen molar-refractivity contribution in [3.63, 3.8) is 0 Å². The van der Waals surface area contributed by atoms with Gasteiger partial charge in [0.25, 0.3) is 0 Å². The van der Waals surface area contributed by atoms with E-state index in [1.54, 1.807) is 49.9 Å². The van der Waals surface area contributed by atoms with Crippen LogP contribution in [0.3, 0.4) is 0 Å². The number of amides is 3. The van der Waals surface area contributed by atoms with Gasteiger partial charge in [0.05, 0.1) is 18.1 Å². The van der Waals surface area contributed by atoms with E-state index in [-0.39, 0.29) is 24.2 Å². The van der Waals surface area contributed by atoms with Crippen LogP contribution in [-0.4, -0.2) is 64.9 Å². The fraction of sp³-hybridized carbons (Fsp3) is 0.444.